The molecule has 0 saturated carbocycles. The van der Waals surface area contributed by atoms with Crippen LogP contribution in [0.3, 0.4) is 0 Å². The van der Waals surface area contributed by atoms with E-state index in [4.69, 9.17) is 9.47 Å². The van der Waals surface area contributed by atoms with Crippen LogP contribution < -0.4 is 10.1 Å². The van der Waals surface area contributed by atoms with Crippen molar-refractivity contribution < 1.29 is 23.5 Å². The van der Waals surface area contributed by atoms with Gasteiger partial charge in [-0.3, -0.25) is 4.79 Å². The first kappa shape index (κ1) is 18.4. The minimum absolute atomic E-state index is 0.289. The number of ether oxygens (including phenoxy) is 2. The number of anilines is 1. The number of esters is 1. The van der Waals surface area contributed by atoms with Crippen molar-refractivity contribution in [2.75, 3.05) is 5.32 Å². The summed E-state index contributed by atoms with van der Waals surface area (Å²) in [6.45, 7) is 4.89. The highest BCUT2D eigenvalue weighted by Gasteiger charge is 2.23. The lowest BCUT2D eigenvalue weighted by molar-refractivity contribution is -0.159. The molecule has 2 aromatic rings. The fourth-order valence-electron chi connectivity index (χ4n) is 2.07. The normalized spacial score (nSPS) is 12.8. The first-order valence-corrected chi connectivity index (χ1v) is 7.85. The molecule has 6 heteroatoms. The molecule has 0 saturated heterocycles. The Morgan fingerprint density at radius 1 is 1.04 bits per heavy atom. The summed E-state index contributed by atoms with van der Waals surface area (Å²) in [5.74, 6) is -1.14. The monoisotopic (exact) mass is 345 g/mol. The standard InChI is InChI=1S/C19H20FNO4/c1-12-6-4-9-17(10-12)24-14(3)19(23)25-13(2)18(22)21-16-8-5-7-15(20)11-16/h4-11,13-14H,1-3H3,(H,21,22)/t13-,14-/m0/s1. The van der Waals surface area contributed by atoms with Crippen LogP contribution in [0.2, 0.25) is 0 Å². The molecule has 0 aliphatic heterocycles. The van der Waals surface area contributed by atoms with Crippen LogP contribution >= 0.6 is 0 Å². The SMILES string of the molecule is Cc1cccc(O[C@@H](C)C(=O)O[C@@H](C)C(=O)Nc2cccc(F)c2)c1. The number of rotatable bonds is 6. The summed E-state index contributed by atoms with van der Waals surface area (Å²) in [4.78, 5) is 24.1. The summed E-state index contributed by atoms with van der Waals surface area (Å²) >= 11 is 0. The number of amides is 1. The summed E-state index contributed by atoms with van der Waals surface area (Å²) in [5, 5.41) is 2.49. The van der Waals surface area contributed by atoms with Gasteiger partial charge in [-0.05, 0) is 56.7 Å². The average Bonchev–Trinajstić information content (AvgIpc) is 2.54. The summed E-state index contributed by atoms with van der Waals surface area (Å²) in [5.41, 5.74) is 1.29. The van der Waals surface area contributed by atoms with Crippen LogP contribution in [0.15, 0.2) is 48.5 Å². The van der Waals surface area contributed by atoms with Gasteiger partial charge in [0.15, 0.2) is 12.2 Å². The van der Waals surface area contributed by atoms with Crippen LogP contribution in [0.5, 0.6) is 5.75 Å². The van der Waals surface area contributed by atoms with Crippen molar-refractivity contribution in [2.45, 2.75) is 33.0 Å². The van der Waals surface area contributed by atoms with E-state index in [2.05, 4.69) is 5.32 Å². The van der Waals surface area contributed by atoms with E-state index < -0.39 is 29.9 Å². The molecule has 132 valence electrons. The first-order chi connectivity index (χ1) is 11.8. The molecule has 0 bridgehead atoms. The lowest BCUT2D eigenvalue weighted by Gasteiger charge is -2.18. The lowest BCUT2D eigenvalue weighted by Crippen LogP contribution is -2.35. The van der Waals surface area contributed by atoms with Gasteiger partial charge in [-0.2, -0.15) is 0 Å². The maximum Gasteiger partial charge on any atom is 0.347 e. The third kappa shape index (κ3) is 5.60. The smallest absolute Gasteiger partial charge is 0.347 e. The van der Waals surface area contributed by atoms with Gasteiger partial charge in [-0.1, -0.05) is 18.2 Å². The van der Waals surface area contributed by atoms with Gasteiger partial charge >= 0.3 is 5.97 Å². The van der Waals surface area contributed by atoms with Gasteiger partial charge in [0.25, 0.3) is 5.91 Å². The first-order valence-electron chi connectivity index (χ1n) is 7.85. The summed E-state index contributed by atoms with van der Waals surface area (Å²) in [6.07, 6.45) is -1.91. The zero-order valence-corrected chi connectivity index (χ0v) is 14.3. The molecule has 0 spiro atoms. The maximum absolute atomic E-state index is 13.1. The van der Waals surface area contributed by atoms with Gasteiger partial charge < -0.3 is 14.8 Å². The van der Waals surface area contributed by atoms with Crippen LogP contribution in [0.4, 0.5) is 10.1 Å². The Labute approximate surface area is 145 Å². The molecule has 2 atom stereocenters. The average molecular weight is 345 g/mol. The Morgan fingerprint density at radius 2 is 1.76 bits per heavy atom. The fourth-order valence-corrected chi connectivity index (χ4v) is 2.07. The predicted octanol–water partition coefficient (Wildman–Crippen LogP) is 3.47. The molecule has 1 amide bonds. The van der Waals surface area contributed by atoms with Crippen molar-refractivity contribution in [3.8, 4) is 5.75 Å². The van der Waals surface area contributed by atoms with Crippen LogP contribution in [-0.2, 0) is 14.3 Å². The molecule has 0 radical (unpaired) electrons. The van der Waals surface area contributed by atoms with Crippen molar-refractivity contribution in [1.82, 2.24) is 0 Å². The van der Waals surface area contributed by atoms with Crippen LogP contribution in [0, 0.1) is 12.7 Å². The molecule has 0 aliphatic rings. The fraction of sp³-hybridized carbons (Fsp3) is 0.263. The minimum atomic E-state index is -1.04. The Bertz CT molecular complexity index is 763. The van der Waals surface area contributed by atoms with Gasteiger partial charge in [0, 0.05) is 5.69 Å². The van der Waals surface area contributed by atoms with Gasteiger partial charge in [0.1, 0.15) is 11.6 Å². The van der Waals surface area contributed by atoms with E-state index in [0.29, 0.717) is 5.75 Å². The quantitative estimate of drug-likeness (QED) is 0.814. The molecule has 0 heterocycles. The second-order valence-corrected chi connectivity index (χ2v) is 5.66. The Kier molecular flexibility index (Phi) is 6.11. The molecular formula is C19H20FNO4. The molecule has 0 aliphatic carbocycles. The highest BCUT2D eigenvalue weighted by molar-refractivity contribution is 5.95. The number of hydrogen-bond acceptors (Lipinski definition) is 4. The Morgan fingerprint density at radius 3 is 2.44 bits per heavy atom. The third-order valence-electron chi connectivity index (χ3n) is 3.39. The summed E-state index contributed by atoms with van der Waals surface area (Å²) in [7, 11) is 0. The van der Waals surface area contributed by atoms with E-state index in [-0.39, 0.29) is 5.69 Å². The molecule has 25 heavy (non-hydrogen) atoms. The van der Waals surface area contributed by atoms with Crippen molar-refractivity contribution in [1.29, 1.82) is 0 Å². The van der Waals surface area contributed by atoms with Crippen LogP contribution in [0.25, 0.3) is 0 Å². The van der Waals surface area contributed by atoms with Gasteiger partial charge in [0.2, 0.25) is 0 Å². The highest BCUT2D eigenvalue weighted by Crippen LogP contribution is 2.15. The molecular weight excluding hydrogens is 325 g/mol. The number of nitrogens with one attached hydrogen (secondary N) is 1. The van der Waals surface area contributed by atoms with E-state index in [1.807, 2.05) is 19.1 Å². The third-order valence-corrected chi connectivity index (χ3v) is 3.39. The number of hydrogen-bond donors (Lipinski definition) is 1. The van der Waals surface area contributed by atoms with Gasteiger partial charge in [-0.15, -0.1) is 0 Å². The van der Waals surface area contributed by atoms with E-state index in [0.717, 1.165) is 5.56 Å². The van der Waals surface area contributed by atoms with E-state index in [9.17, 15) is 14.0 Å². The lowest BCUT2D eigenvalue weighted by atomic mass is 10.2. The maximum atomic E-state index is 13.1. The number of aryl methyl sites for hydroxylation is 1. The van der Waals surface area contributed by atoms with Crippen molar-refractivity contribution >= 4 is 17.6 Å². The molecule has 0 unspecified atom stereocenters. The second-order valence-electron chi connectivity index (χ2n) is 5.66. The number of carbonyl (C=O) groups excluding carboxylic acids is 2. The topological polar surface area (TPSA) is 64.6 Å². The van der Waals surface area contributed by atoms with Gasteiger partial charge in [-0.25, -0.2) is 9.18 Å². The van der Waals surface area contributed by atoms with Crippen LogP contribution in [0.1, 0.15) is 19.4 Å². The second kappa shape index (κ2) is 8.28. The zero-order chi connectivity index (χ0) is 18.4. The van der Waals surface area contributed by atoms with Gasteiger partial charge in [0.05, 0.1) is 0 Å². The summed E-state index contributed by atoms with van der Waals surface area (Å²) < 4.78 is 23.7. The predicted molar refractivity (Wildman–Crippen MR) is 91.9 cm³/mol. The Hall–Kier alpha value is -2.89. The van der Waals surface area contributed by atoms with Crippen molar-refractivity contribution in [2.24, 2.45) is 0 Å². The molecule has 5 nitrogen and oxygen atoms in total. The molecule has 2 rings (SSSR count). The Balaban J connectivity index is 1.89. The van der Waals surface area contributed by atoms with E-state index in [1.165, 1.54) is 25.1 Å². The number of halogens is 1. The molecule has 1 N–H and O–H groups in total. The minimum Gasteiger partial charge on any atom is -0.479 e. The van der Waals surface area contributed by atoms with E-state index in [1.54, 1.807) is 25.1 Å². The highest BCUT2D eigenvalue weighted by atomic mass is 19.1. The molecule has 2 aromatic carbocycles. The number of benzene rings is 2. The van der Waals surface area contributed by atoms with Crippen molar-refractivity contribution in [3.05, 3.63) is 59.9 Å². The number of carbonyl (C=O) groups is 2. The van der Waals surface area contributed by atoms with Crippen molar-refractivity contribution in [3.63, 3.8) is 0 Å². The largest absolute Gasteiger partial charge is 0.479 e. The summed E-state index contributed by atoms with van der Waals surface area (Å²) in [6, 6.07) is 12.7. The van der Waals surface area contributed by atoms with E-state index >= 15 is 0 Å². The zero-order valence-electron chi connectivity index (χ0n) is 14.3. The molecule has 0 aromatic heterocycles. The van der Waals surface area contributed by atoms with Crippen LogP contribution in [-0.4, -0.2) is 24.1 Å². The molecule has 0 fully saturated rings.